The van der Waals surface area contributed by atoms with Gasteiger partial charge in [-0.3, -0.25) is 14.7 Å². The highest BCUT2D eigenvalue weighted by Gasteiger charge is 2.32. The van der Waals surface area contributed by atoms with E-state index < -0.39 is 0 Å². The molecule has 7 nitrogen and oxygen atoms in total. The van der Waals surface area contributed by atoms with Crippen molar-refractivity contribution in [1.82, 2.24) is 24.3 Å². The fraction of sp³-hybridized carbons (Fsp3) is 0.393. The van der Waals surface area contributed by atoms with E-state index in [4.69, 9.17) is 21.0 Å². The highest BCUT2D eigenvalue weighted by atomic mass is 35.5. The third kappa shape index (κ3) is 4.65. The van der Waals surface area contributed by atoms with Crippen LogP contribution < -0.4 is 0 Å². The highest BCUT2D eigenvalue weighted by Crippen LogP contribution is 2.34. The number of amides is 1. The summed E-state index contributed by atoms with van der Waals surface area (Å²) in [6.45, 7) is 4.34. The van der Waals surface area contributed by atoms with E-state index in [1.807, 2.05) is 42.5 Å². The number of carbonyl (C=O) groups is 1. The van der Waals surface area contributed by atoms with E-state index >= 15 is 0 Å². The zero-order valence-corrected chi connectivity index (χ0v) is 21.0. The first-order valence-corrected chi connectivity index (χ1v) is 13.1. The summed E-state index contributed by atoms with van der Waals surface area (Å²) in [4.78, 5) is 27.3. The number of pyridine rings is 1. The van der Waals surface area contributed by atoms with Crippen LogP contribution in [0.4, 0.5) is 0 Å². The van der Waals surface area contributed by atoms with Crippen molar-refractivity contribution in [3.8, 4) is 11.5 Å². The van der Waals surface area contributed by atoms with E-state index in [0.717, 1.165) is 81.0 Å². The molecule has 0 spiro atoms. The Labute approximate surface area is 215 Å². The van der Waals surface area contributed by atoms with Crippen LogP contribution in [0.5, 0.6) is 0 Å². The quantitative estimate of drug-likeness (QED) is 0.364. The summed E-state index contributed by atoms with van der Waals surface area (Å²) in [5, 5.41) is 0.677. The lowest BCUT2D eigenvalue weighted by atomic mass is 9.93. The van der Waals surface area contributed by atoms with E-state index in [1.165, 1.54) is 5.56 Å². The van der Waals surface area contributed by atoms with Crippen LogP contribution in [0, 0.1) is 5.92 Å². The van der Waals surface area contributed by atoms with Gasteiger partial charge < -0.3 is 13.9 Å². The molecule has 2 saturated heterocycles. The molecule has 2 aliphatic rings. The number of halogens is 1. The number of piperidine rings is 2. The van der Waals surface area contributed by atoms with Crippen LogP contribution in [0.1, 0.15) is 37.3 Å². The molecule has 0 saturated carbocycles. The van der Waals surface area contributed by atoms with E-state index in [9.17, 15) is 4.79 Å². The second kappa shape index (κ2) is 10.1. The molecule has 0 unspecified atom stereocenters. The summed E-state index contributed by atoms with van der Waals surface area (Å²) in [6, 6.07) is 14.1. The van der Waals surface area contributed by atoms with Crippen LogP contribution >= 0.6 is 11.6 Å². The molecule has 0 aliphatic carbocycles. The number of imidazole rings is 1. The van der Waals surface area contributed by atoms with Gasteiger partial charge in [0.1, 0.15) is 5.69 Å². The van der Waals surface area contributed by atoms with E-state index in [0.29, 0.717) is 10.9 Å². The zero-order valence-electron chi connectivity index (χ0n) is 20.2. The van der Waals surface area contributed by atoms with Crippen molar-refractivity contribution in [1.29, 1.82) is 0 Å². The molecule has 0 bridgehead atoms. The van der Waals surface area contributed by atoms with Gasteiger partial charge in [0.2, 0.25) is 5.91 Å². The Morgan fingerprint density at radius 1 is 1.03 bits per heavy atom. The molecule has 0 atom stereocenters. The first-order valence-electron chi connectivity index (χ1n) is 12.8. The predicted molar refractivity (Wildman–Crippen MR) is 140 cm³/mol. The standard InChI is InChI=1S/C28H30ClN5O2/c29-22-4-5-26-25(17-22)31-27(24-3-1-2-11-30-24)34(26)23-8-14-33(15-9-23)28(35)21-6-12-32(13-7-21)18-20-10-16-36-19-20/h1-5,10-11,16-17,19,21,23H,6-9,12-15,18H2. The molecule has 8 heteroatoms. The first kappa shape index (κ1) is 23.3. The van der Waals surface area contributed by atoms with Crippen molar-refractivity contribution in [3.63, 3.8) is 0 Å². The second-order valence-corrected chi connectivity index (χ2v) is 10.3. The molecular formula is C28H30ClN5O2. The highest BCUT2D eigenvalue weighted by molar-refractivity contribution is 6.31. The number of furan rings is 1. The van der Waals surface area contributed by atoms with Gasteiger partial charge in [-0.1, -0.05) is 17.7 Å². The fourth-order valence-electron chi connectivity index (χ4n) is 5.70. The van der Waals surface area contributed by atoms with Crippen molar-refractivity contribution in [2.75, 3.05) is 26.2 Å². The summed E-state index contributed by atoms with van der Waals surface area (Å²) in [7, 11) is 0. The third-order valence-electron chi connectivity index (χ3n) is 7.61. The van der Waals surface area contributed by atoms with Crippen molar-refractivity contribution < 1.29 is 9.21 Å². The van der Waals surface area contributed by atoms with Gasteiger partial charge in [-0.2, -0.15) is 0 Å². The van der Waals surface area contributed by atoms with Crippen LogP contribution in [0.3, 0.4) is 0 Å². The normalized spacial score (nSPS) is 18.2. The number of hydrogen-bond donors (Lipinski definition) is 0. The molecule has 0 radical (unpaired) electrons. The lowest BCUT2D eigenvalue weighted by Crippen LogP contribution is -2.45. The minimum absolute atomic E-state index is 0.127. The maximum absolute atomic E-state index is 13.4. The van der Waals surface area contributed by atoms with Crippen molar-refractivity contribution in [2.45, 2.75) is 38.3 Å². The topological polar surface area (TPSA) is 67.4 Å². The van der Waals surface area contributed by atoms with E-state index in [1.54, 1.807) is 18.7 Å². The lowest BCUT2D eigenvalue weighted by Gasteiger charge is -2.38. The lowest BCUT2D eigenvalue weighted by molar-refractivity contribution is -0.138. The maximum Gasteiger partial charge on any atom is 0.225 e. The molecule has 186 valence electrons. The van der Waals surface area contributed by atoms with Crippen molar-refractivity contribution in [2.24, 2.45) is 5.92 Å². The third-order valence-corrected chi connectivity index (χ3v) is 7.85. The summed E-state index contributed by atoms with van der Waals surface area (Å²) in [5.74, 6) is 1.31. The predicted octanol–water partition coefficient (Wildman–Crippen LogP) is 5.42. The fourth-order valence-corrected chi connectivity index (χ4v) is 5.87. The van der Waals surface area contributed by atoms with Crippen LogP contribution in [0.15, 0.2) is 65.6 Å². The molecule has 1 amide bonds. The minimum atomic E-state index is 0.127. The molecule has 2 aliphatic heterocycles. The van der Waals surface area contributed by atoms with Gasteiger partial charge >= 0.3 is 0 Å². The van der Waals surface area contributed by atoms with Crippen LogP contribution in [0.2, 0.25) is 5.02 Å². The average molecular weight is 504 g/mol. The monoisotopic (exact) mass is 503 g/mol. The summed E-state index contributed by atoms with van der Waals surface area (Å²) in [5.41, 5.74) is 3.99. The Morgan fingerprint density at radius 2 is 1.86 bits per heavy atom. The number of likely N-dealkylation sites (tertiary alicyclic amines) is 2. The van der Waals surface area contributed by atoms with Gasteiger partial charge in [0.25, 0.3) is 0 Å². The number of benzene rings is 1. The molecule has 36 heavy (non-hydrogen) atoms. The Balaban J connectivity index is 1.13. The SMILES string of the molecule is O=C(C1CCN(Cc2ccoc2)CC1)N1CCC(n2c(-c3ccccn3)nc3cc(Cl)ccc32)CC1. The molecule has 3 aromatic heterocycles. The van der Waals surface area contributed by atoms with E-state index in [-0.39, 0.29) is 12.0 Å². The molecule has 1 aromatic carbocycles. The maximum atomic E-state index is 13.4. The average Bonchev–Trinajstić information content (AvgIpc) is 3.57. The number of fused-ring (bicyclic) bond motifs is 1. The Morgan fingerprint density at radius 3 is 2.58 bits per heavy atom. The largest absolute Gasteiger partial charge is 0.472 e. The molecular weight excluding hydrogens is 474 g/mol. The van der Waals surface area contributed by atoms with Gasteiger partial charge in [0.05, 0.1) is 23.6 Å². The van der Waals surface area contributed by atoms with Gasteiger partial charge in [-0.05, 0) is 75.2 Å². The Kier molecular flexibility index (Phi) is 6.50. The van der Waals surface area contributed by atoms with E-state index in [2.05, 4.69) is 19.4 Å². The second-order valence-electron chi connectivity index (χ2n) is 9.89. The van der Waals surface area contributed by atoms with Crippen LogP contribution in [-0.2, 0) is 11.3 Å². The molecule has 2 fully saturated rings. The van der Waals surface area contributed by atoms with Crippen molar-refractivity contribution >= 4 is 28.5 Å². The number of hydrogen-bond acceptors (Lipinski definition) is 5. The Hall–Kier alpha value is -3.16. The molecule has 0 N–H and O–H groups in total. The van der Waals surface area contributed by atoms with Gasteiger partial charge in [-0.25, -0.2) is 4.98 Å². The molecule has 6 rings (SSSR count). The minimum Gasteiger partial charge on any atom is -0.472 e. The molecule has 5 heterocycles. The van der Waals surface area contributed by atoms with Gasteiger partial charge in [0.15, 0.2) is 5.82 Å². The van der Waals surface area contributed by atoms with Crippen molar-refractivity contribution in [3.05, 3.63) is 71.8 Å². The summed E-state index contributed by atoms with van der Waals surface area (Å²) >= 11 is 6.27. The smallest absolute Gasteiger partial charge is 0.225 e. The summed E-state index contributed by atoms with van der Waals surface area (Å²) < 4.78 is 7.50. The number of rotatable bonds is 5. The molecule has 4 aromatic rings. The Bertz CT molecular complexity index is 1320. The van der Waals surface area contributed by atoms with Gasteiger partial charge in [0, 0.05) is 48.4 Å². The van der Waals surface area contributed by atoms with Crippen LogP contribution in [-0.4, -0.2) is 56.4 Å². The van der Waals surface area contributed by atoms with Gasteiger partial charge in [-0.15, -0.1) is 0 Å². The number of nitrogens with zero attached hydrogens (tertiary/aromatic N) is 5. The first-order chi connectivity index (χ1) is 17.7. The summed E-state index contributed by atoms with van der Waals surface area (Å²) in [6.07, 6.45) is 8.97. The number of aromatic nitrogens is 3. The van der Waals surface area contributed by atoms with Crippen LogP contribution in [0.25, 0.3) is 22.6 Å². The number of carbonyl (C=O) groups excluding carboxylic acids is 1. The zero-order chi connectivity index (χ0) is 24.5.